The average Bonchev–Trinajstić information content (AvgIpc) is 3.17. The van der Waals surface area contributed by atoms with Gasteiger partial charge in [-0.3, -0.25) is 19.8 Å². The van der Waals surface area contributed by atoms with Gasteiger partial charge in [0.05, 0.1) is 11.8 Å². The maximum absolute atomic E-state index is 12.8. The van der Waals surface area contributed by atoms with E-state index in [9.17, 15) is 14.4 Å². The van der Waals surface area contributed by atoms with E-state index in [0.717, 1.165) is 22.3 Å². The van der Waals surface area contributed by atoms with Gasteiger partial charge in [-0.05, 0) is 48.3 Å². The van der Waals surface area contributed by atoms with Crippen LogP contribution in [0.5, 0.6) is 0 Å². The van der Waals surface area contributed by atoms with Crippen LogP contribution in [0.1, 0.15) is 23.2 Å². The number of carbonyl (C=O) groups is 3. The van der Waals surface area contributed by atoms with Crippen molar-refractivity contribution >= 4 is 33.7 Å². The molecule has 1 aliphatic heterocycles. The van der Waals surface area contributed by atoms with Crippen molar-refractivity contribution in [2.24, 2.45) is 29.1 Å². The van der Waals surface area contributed by atoms with Crippen molar-refractivity contribution in [2.45, 2.75) is 12.8 Å². The summed E-state index contributed by atoms with van der Waals surface area (Å²) in [6.07, 6.45) is 6.44. The minimum atomic E-state index is -0.445. The van der Waals surface area contributed by atoms with Crippen molar-refractivity contribution < 1.29 is 14.4 Å². The van der Waals surface area contributed by atoms with Crippen LogP contribution in [0.3, 0.4) is 0 Å². The van der Waals surface area contributed by atoms with Gasteiger partial charge in [-0.25, -0.2) is 0 Å². The second-order valence-corrected chi connectivity index (χ2v) is 8.10. The molecule has 3 fully saturated rings. The molecule has 1 spiro atoms. The van der Waals surface area contributed by atoms with Crippen molar-refractivity contribution in [1.82, 2.24) is 10.4 Å². The number of rotatable bonds is 2. The predicted molar refractivity (Wildman–Crippen MR) is 88.2 cm³/mol. The smallest absolute Gasteiger partial charge is 0.270 e. The SMILES string of the molecule is O=C(NN1C(=O)[C@@H]2[C@@H](C1=O)[C@@H]1C=C[C@@H]2C12CC2)c1cccc(Br)c1. The Hall–Kier alpha value is -1.95. The molecule has 24 heavy (non-hydrogen) atoms. The molecular weight excluding hydrogens is 372 g/mol. The Bertz CT molecular complexity index is 795. The molecule has 5 rings (SSSR count). The van der Waals surface area contributed by atoms with Crippen molar-refractivity contribution in [1.29, 1.82) is 0 Å². The van der Waals surface area contributed by atoms with Gasteiger partial charge < -0.3 is 0 Å². The topological polar surface area (TPSA) is 66.5 Å². The fourth-order valence-corrected chi connectivity index (χ4v) is 5.38. The fourth-order valence-electron chi connectivity index (χ4n) is 4.98. The van der Waals surface area contributed by atoms with E-state index in [1.54, 1.807) is 18.2 Å². The third-order valence-electron chi connectivity index (χ3n) is 6.15. The first kappa shape index (κ1) is 14.4. The van der Waals surface area contributed by atoms with Crippen molar-refractivity contribution in [3.63, 3.8) is 0 Å². The number of hydrazine groups is 1. The quantitative estimate of drug-likeness (QED) is 0.626. The lowest BCUT2D eigenvalue weighted by atomic mass is 9.85. The molecule has 1 N–H and O–H groups in total. The molecule has 4 atom stereocenters. The summed E-state index contributed by atoms with van der Waals surface area (Å²) in [4.78, 5) is 38.0. The zero-order chi connectivity index (χ0) is 16.6. The second kappa shape index (κ2) is 4.57. The van der Waals surface area contributed by atoms with Crippen molar-refractivity contribution in [3.05, 3.63) is 46.5 Å². The first-order chi connectivity index (χ1) is 11.5. The molecule has 0 aromatic heterocycles. The summed E-state index contributed by atoms with van der Waals surface area (Å²) in [5, 5.41) is 0.959. The molecule has 3 amide bonds. The number of benzene rings is 1. The summed E-state index contributed by atoms with van der Waals surface area (Å²) >= 11 is 3.31. The van der Waals surface area contributed by atoms with Crippen LogP contribution in [0.4, 0.5) is 0 Å². The van der Waals surface area contributed by atoms with Gasteiger partial charge in [0, 0.05) is 10.0 Å². The van der Waals surface area contributed by atoms with E-state index < -0.39 is 5.91 Å². The Balaban J connectivity index is 1.41. The van der Waals surface area contributed by atoms with Crippen LogP contribution in [0.25, 0.3) is 0 Å². The van der Waals surface area contributed by atoms with E-state index in [2.05, 4.69) is 33.5 Å². The van der Waals surface area contributed by atoms with E-state index in [4.69, 9.17) is 0 Å². The summed E-state index contributed by atoms with van der Waals surface area (Å²) < 4.78 is 0.768. The fraction of sp³-hybridized carbons (Fsp3) is 0.389. The molecule has 0 radical (unpaired) electrons. The van der Waals surface area contributed by atoms with E-state index in [-0.39, 0.29) is 40.9 Å². The van der Waals surface area contributed by atoms with Gasteiger partial charge in [-0.15, -0.1) is 0 Å². The highest BCUT2D eigenvalue weighted by Gasteiger charge is 2.73. The van der Waals surface area contributed by atoms with Crippen LogP contribution in [0.2, 0.25) is 0 Å². The Morgan fingerprint density at radius 3 is 2.29 bits per heavy atom. The van der Waals surface area contributed by atoms with Gasteiger partial charge in [0.1, 0.15) is 0 Å². The van der Waals surface area contributed by atoms with Crippen LogP contribution < -0.4 is 5.43 Å². The second-order valence-electron chi connectivity index (χ2n) is 7.18. The zero-order valence-electron chi connectivity index (χ0n) is 12.7. The summed E-state index contributed by atoms with van der Waals surface area (Å²) in [5.41, 5.74) is 3.09. The third-order valence-corrected chi connectivity index (χ3v) is 6.65. The molecule has 1 heterocycles. The maximum Gasteiger partial charge on any atom is 0.270 e. The van der Waals surface area contributed by atoms with E-state index in [0.29, 0.717) is 5.56 Å². The van der Waals surface area contributed by atoms with Gasteiger partial charge in [0.25, 0.3) is 17.7 Å². The largest absolute Gasteiger partial charge is 0.272 e. The van der Waals surface area contributed by atoms with E-state index in [1.165, 1.54) is 0 Å². The third kappa shape index (κ3) is 1.67. The highest BCUT2D eigenvalue weighted by Crippen LogP contribution is 2.73. The molecular formula is C18H15BrN2O3. The summed E-state index contributed by atoms with van der Waals surface area (Å²) in [5.74, 6) is -1.21. The Morgan fingerprint density at radius 2 is 1.75 bits per heavy atom. The minimum absolute atomic E-state index is 0.164. The number of allylic oxidation sites excluding steroid dienone is 2. The normalized spacial score (nSPS) is 34.1. The van der Waals surface area contributed by atoms with Crippen molar-refractivity contribution in [2.75, 3.05) is 0 Å². The summed E-state index contributed by atoms with van der Waals surface area (Å²) in [6.45, 7) is 0. The van der Waals surface area contributed by atoms with Gasteiger partial charge >= 0.3 is 0 Å². The number of halogens is 1. The molecule has 4 aliphatic rings. The lowest BCUT2D eigenvalue weighted by Crippen LogP contribution is -2.47. The molecule has 1 saturated heterocycles. The minimum Gasteiger partial charge on any atom is -0.272 e. The number of imide groups is 1. The first-order valence-corrected chi connectivity index (χ1v) is 8.95. The number of hydrogen-bond donors (Lipinski definition) is 1. The summed E-state index contributed by atoms with van der Waals surface area (Å²) in [6, 6.07) is 6.86. The Labute approximate surface area is 147 Å². The molecule has 2 bridgehead atoms. The van der Waals surface area contributed by atoms with Gasteiger partial charge in [0.15, 0.2) is 0 Å². The Morgan fingerprint density at radius 1 is 1.12 bits per heavy atom. The lowest BCUT2D eigenvalue weighted by molar-refractivity contribution is -0.144. The highest BCUT2D eigenvalue weighted by atomic mass is 79.9. The van der Waals surface area contributed by atoms with Crippen LogP contribution in [0.15, 0.2) is 40.9 Å². The van der Waals surface area contributed by atoms with Crippen LogP contribution in [-0.4, -0.2) is 22.7 Å². The number of carbonyl (C=O) groups excluding carboxylic acids is 3. The summed E-state index contributed by atoms with van der Waals surface area (Å²) in [7, 11) is 0. The number of nitrogens with one attached hydrogen (secondary N) is 1. The van der Waals surface area contributed by atoms with Crippen LogP contribution in [-0.2, 0) is 9.59 Å². The molecule has 1 aromatic rings. The standard InChI is InChI=1S/C18H15BrN2O3/c19-10-3-1-2-9(8-10)15(22)20-21-16(23)13-11-4-5-12(14(13)17(21)24)18(11)6-7-18/h1-5,8,11-14H,6-7H2,(H,20,22)/t11-,12-,13-,14-/m0/s1. The molecule has 2 saturated carbocycles. The molecule has 3 aliphatic carbocycles. The number of nitrogens with zero attached hydrogens (tertiary/aromatic N) is 1. The molecule has 5 nitrogen and oxygen atoms in total. The molecule has 122 valence electrons. The number of hydrogen-bond acceptors (Lipinski definition) is 3. The first-order valence-electron chi connectivity index (χ1n) is 8.16. The lowest BCUT2D eigenvalue weighted by Gasteiger charge is -2.22. The average molecular weight is 387 g/mol. The van der Waals surface area contributed by atoms with Gasteiger partial charge in [-0.2, -0.15) is 5.01 Å². The van der Waals surface area contributed by atoms with Gasteiger partial charge in [0.2, 0.25) is 0 Å². The Kier molecular flexibility index (Phi) is 2.74. The van der Waals surface area contributed by atoms with E-state index in [1.807, 2.05) is 6.07 Å². The van der Waals surface area contributed by atoms with Crippen LogP contribution >= 0.6 is 15.9 Å². The highest BCUT2D eigenvalue weighted by molar-refractivity contribution is 9.10. The van der Waals surface area contributed by atoms with Crippen LogP contribution in [0, 0.1) is 29.1 Å². The molecule has 0 unspecified atom stereocenters. The number of fused-ring (bicyclic) bond motifs is 3. The predicted octanol–water partition coefficient (Wildman–Crippen LogP) is 2.29. The molecule has 1 aromatic carbocycles. The van der Waals surface area contributed by atoms with Gasteiger partial charge in [-0.1, -0.05) is 34.1 Å². The zero-order valence-corrected chi connectivity index (χ0v) is 14.3. The molecule has 6 heteroatoms. The van der Waals surface area contributed by atoms with Crippen molar-refractivity contribution in [3.8, 4) is 0 Å². The monoisotopic (exact) mass is 386 g/mol. The number of amides is 3. The maximum atomic E-state index is 12.8. The van der Waals surface area contributed by atoms with E-state index >= 15 is 0 Å².